The average molecular weight is 348 g/mol. The third-order valence-electron chi connectivity index (χ3n) is 3.11. The summed E-state index contributed by atoms with van der Waals surface area (Å²) < 4.78 is 38.7. The number of aryl methyl sites for hydroxylation is 2. The SMILES string of the molecule is Cc1nc(-c2cnn(C)c2)sc1C(=O)N(C)CC(O)C(F)(F)F. The fraction of sp³-hybridized carbons (Fsp3) is 0.462. The topological polar surface area (TPSA) is 71.2 Å². The van der Waals surface area contributed by atoms with E-state index < -0.39 is 24.7 Å². The van der Waals surface area contributed by atoms with E-state index in [2.05, 4.69) is 10.1 Å². The van der Waals surface area contributed by atoms with Crippen molar-refractivity contribution in [1.82, 2.24) is 19.7 Å². The lowest BCUT2D eigenvalue weighted by molar-refractivity contribution is -0.205. The van der Waals surface area contributed by atoms with Crippen molar-refractivity contribution in [3.05, 3.63) is 23.0 Å². The van der Waals surface area contributed by atoms with Crippen LogP contribution in [0.2, 0.25) is 0 Å². The van der Waals surface area contributed by atoms with Crippen molar-refractivity contribution < 1.29 is 23.1 Å². The van der Waals surface area contributed by atoms with Gasteiger partial charge in [0, 0.05) is 25.9 Å². The monoisotopic (exact) mass is 348 g/mol. The number of hydrogen-bond acceptors (Lipinski definition) is 5. The predicted molar refractivity (Wildman–Crippen MR) is 78.1 cm³/mol. The normalized spacial score (nSPS) is 13.2. The molecule has 10 heteroatoms. The number of halogens is 3. The summed E-state index contributed by atoms with van der Waals surface area (Å²) in [6.07, 6.45) is -4.03. The van der Waals surface area contributed by atoms with E-state index >= 15 is 0 Å². The molecule has 2 rings (SSSR count). The quantitative estimate of drug-likeness (QED) is 0.915. The second kappa shape index (κ2) is 6.28. The van der Waals surface area contributed by atoms with Gasteiger partial charge >= 0.3 is 6.18 Å². The van der Waals surface area contributed by atoms with E-state index in [4.69, 9.17) is 5.11 Å². The van der Waals surface area contributed by atoms with Crippen LogP contribution in [0, 0.1) is 6.92 Å². The summed E-state index contributed by atoms with van der Waals surface area (Å²) in [6.45, 7) is 0.777. The molecule has 0 aromatic carbocycles. The smallest absolute Gasteiger partial charge is 0.382 e. The molecule has 0 saturated heterocycles. The number of rotatable bonds is 4. The second-order valence-corrected chi connectivity index (χ2v) is 6.08. The number of carbonyl (C=O) groups is 1. The Morgan fingerprint density at radius 1 is 1.52 bits per heavy atom. The van der Waals surface area contributed by atoms with Crippen LogP contribution in [0.1, 0.15) is 15.4 Å². The summed E-state index contributed by atoms with van der Waals surface area (Å²) >= 11 is 1.08. The first-order chi connectivity index (χ1) is 10.6. The molecule has 2 heterocycles. The van der Waals surface area contributed by atoms with Crippen molar-refractivity contribution in [3.63, 3.8) is 0 Å². The van der Waals surface area contributed by atoms with E-state index in [1.165, 1.54) is 7.05 Å². The van der Waals surface area contributed by atoms with Crippen LogP contribution in [-0.4, -0.2) is 56.6 Å². The minimum Gasteiger partial charge on any atom is -0.382 e. The molecule has 1 atom stereocenters. The van der Waals surface area contributed by atoms with E-state index in [9.17, 15) is 18.0 Å². The summed E-state index contributed by atoms with van der Waals surface area (Å²) in [5.74, 6) is -0.613. The molecule has 0 radical (unpaired) electrons. The second-order valence-electron chi connectivity index (χ2n) is 5.08. The molecule has 0 fully saturated rings. The van der Waals surface area contributed by atoms with E-state index in [0.29, 0.717) is 10.7 Å². The van der Waals surface area contributed by atoms with Crippen LogP contribution in [0.3, 0.4) is 0 Å². The number of aromatic nitrogens is 3. The van der Waals surface area contributed by atoms with Gasteiger partial charge in [-0.1, -0.05) is 0 Å². The number of amides is 1. The molecular weight excluding hydrogens is 333 g/mol. The molecule has 1 unspecified atom stereocenters. The lowest BCUT2D eigenvalue weighted by atomic mass is 10.3. The molecule has 0 aliphatic rings. The van der Waals surface area contributed by atoms with Crippen LogP contribution in [0.25, 0.3) is 10.6 Å². The van der Waals surface area contributed by atoms with Gasteiger partial charge in [0.15, 0.2) is 6.10 Å². The number of nitrogens with zero attached hydrogens (tertiary/aromatic N) is 4. The van der Waals surface area contributed by atoms with Gasteiger partial charge in [0.2, 0.25) is 0 Å². The fourth-order valence-corrected chi connectivity index (χ4v) is 2.90. The van der Waals surface area contributed by atoms with Crippen LogP contribution >= 0.6 is 11.3 Å². The molecule has 0 saturated carbocycles. The van der Waals surface area contributed by atoms with E-state index in [1.54, 1.807) is 31.0 Å². The molecule has 2 aromatic heterocycles. The van der Waals surface area contributed by atoms with Crippen molar-refractivity contribution in [2.24, 2.45) is 7.05 Å². The fourth-order valence-electron chi connectivity index (χ4n) is 1.87. The van der Waals surface area contributed by atoms with Crippen LogP contribution in [0.15, 0.2) is 12.4 Å². The Bertz CT molecular complexity index is 710. The minimum atomic E-state index is -4.77. The van der Waals surface area contributed by atoms with Gasteiger partial charge in [-0.2, -0.15) is 18.3 Å². The summed E-state index contributed by atoms with van der Waals surface area (Å²) in [4.78, 5) is 17.6. The molecular formula is C13H15F3N4O2S. The highest BCUT2D eigenvalue weighted by Crippen LogP contribution is 2.28. The maximum absolute atomic E-state index is 12.4. The lowest BCUT2D eigenvalue weighted by Gasteiger charge is -2.22. The number of aliphatic hydroxyl groups excluding tert-OH is 1. The first-order valence-electron chi connectivity index (χ1n) is 6.56. The maximum Gasteiger partial charge on any atom is 0.416 e. The highest BCUT2D eigenvalue weighted by atomic mass is 32.1. The predicted octanol–water partition coefficient (Wildman–Crippen LogP) is 1.85. The van der Waals surface area contributed by atoms with Crippen molar-refractivity contribution in [3.8, 4) is 10.6 Å². The Hall–Kier alpha value is -1.94. The molecule has 126 valence electrons. The van der Waals surface area contributed by atoms with Gasteiger partial charge in [-0.15, -0.1) is 11.3 Å². The van der Waals surface area contributed by atoms with Crippen molar-refractivity contribution in [2.45, 2.75) is 19.2 Å². The molecule has 2 aromatic rings. The van der Waals surface area contributed by atoms with Gasteiger partial charge in [0.25, 0.3) is 5.91 Å². The Balaban J connectivity index is 2.18. The zero-order valence-corrected chi connectivity index (χ0v) is 13.4. The lowest BCUT2D eigenvalue weighted by Crippen LogP contribution is -2.41. The first kappa shape index (κ1) is 17.4. The van der Waals surface area contributed by atoms with Crippen LogP contribution in [0.4, 0.5) is 13.2 Å². The molecule has 0 bridgehead atoms. The molecule has 1 N–H and O–H groups in total. The van der Waals surface area contributed by atoms with Crippen LogP contribution < -0.4 is 0 Å². The van der Waals surface area contributed by atoms with E-state index in [1.807, 2.05) is 0 Å². The Kier molecular flexibility index (Phi) is 4.76. The summed E-state index contributed by atoms with van der Waals surface area (Å²) in [6, 6.07) is 0. The number of thiazole rings is 1. The minimum absolute atomic E-state index is 0.237. The molecule has 0 aliphatic heterocycles. The first-order valence-corrected chi connectivity index (χ1v) is 7.38. The van der Waals surface area contributed by atoms with Crippen molar-refractivity contribution in [2.75, 3.05) is 13.6 Å². The highest BCUT2D eigenvalue weighted by Gasteiger charge is 2.39. The number of carbonyl (C=O) groups excluding carboxylic acids is 1. The summed E-state index contributed by atoms with van der Waals surface area (Å²) in [5.41, 5.74) is 1.14. The highest BCUT2D eigenvalue weighted by molar-refractivity contribution is 7.17. The van der Waals surface area contributed by atoms with E-state index in [-0.39, 0.29) is 4.88 Å². The molecule has 1 amide bonds. The van der Waals surface area contributed by atoms with Gasteiger partial charge < -0.3 is 10.0 Å². The largest absolute Gasteiger partial charge is 0.416 e. The molecule has 0 spiro atoms. The number of hydrogen-bond donors (Lipinski definition) is 1. The van der Waals surface area contributed by atoms with Gasteiger partial charge in [-0.05, 0) is 6.92 Å². The Morgan fingerprint density at radius 2 is 2.17 bits per heavy atom. The number of alkyl halides is 3. The number of aliphatic hydroxyl groups is 1. The molecule has 6 nitrogen and oxygen atoms in total. The van der Waals surface area contributed by atoms with Gasteiger partial charge in [0.1, 0.15) is 9.88 Å². The molecule has 0 aliphatic carbocycles. The third-order valence-corrected chi connectivity index (χ3v) is 4.31. The summed E-state index contributed by atoms with van der Waals surface area (Å²) in [5, 5.41) is 13.6. The van der Waals surface area contributed by atoms with Gasteiger partial charge in [0.05, 0.1) is 18.4 Å². The third kappa shape index (κ3) is 3.88. The number of likely N-dealkylation sites (N-methyl/N-ethyl adjacent to an activating group) is 1. The Morgan fingerprint density at radius 3 is 2.70 bits per heavy atom. The standard InChI is InChI=1S/C13H15F3N4O2S/c1-7-10(12(22)19(2)6-9(21)13(14,15)16)23-11(18-7)8-4-17-20(3)5-8/h4-5,9,21H,6H2,1-3H3. The van der Waals surface area contributed by atoms with E-state index in [0.717, 1.165) is 21.8 Å². The van der Waals surface area contributed by atoms with Crippen LogP contribution in [-0.2, 0) is 7.05 Å². The zero-order chi connectivity index (χ0) is 17.4. The van der Waals surface area contributed by atoms with Crippen LogP contribution in [0.5, 0.6) is 0 Å². The zero-order valence-electron chi connectivity index (χ0n) is 12.6. The Labute approximate surface area is 134 Å². The van der Waals surface area contributed by atoms with Crippen molar-refractivity contribution >= 4 is 17.2 Å². The molecule has 23 heavy (non-hydrogen) atoms. The van der Waals surface area contributed by atoms with Gasteiger partial charge in [-0.3, -0.25) is 9.48 Å². The maximum atomic E-state index is 12.4. The van der Waals surface area contributed by atoms with Crippen molar-refractivity contribution in [1.29, 1.82) is 0 Å². The van der Waals surface area contributed by atoms with Gasteiger partial charge in [-0.25, -0.2) is 4.98 Å². The average Bonchev–Trinajstić information content (AvgIpc) is 3.02. The summed E-state index contributed by atoms with van der Waals surface area (Å²) in [7, 11) is 2.95.